The molecule has 0 aliphatic carbocycles. The van der Waals surface area contributed by atoms with Gasteiger partial charge in [-0.2, -0.15) is 0 Å². The normalized spacial score (nSPS) is 10.7. The molecule has 7 nitrogen and oxygen atoms in total. The second-order valence-corrected chi connectivity index (χ2v) is 4.77. The Hall–Kier alpha value is -3.35. The number of rotatable bonds is 4. The summed E-state index contributed by atoms with van der Waals surface area (Å²) in [5.41, 5.74) is 0.243. The van der Waals surface area contributed by atoms with E-state index < -0.39 is 11.9 Å². The number of imidazole rings is 1. The van der Waals surface area contributed by atoms with Crippen LogP contribution in [0.15, 0.2) is 42.6 Å². The van der Waals surface area contributed by atoms with E-state index in [-0.39, 0.29) is 16.8 Å². The number of hydrogen-bond donors (Lipinski definition) is 2. The molecule has 0 amide bonds. The van der Waals surface area contributed by atoms with Gasteiger partial charge in [0.15, 0.2) is 5.69 Å². The highest BCUT2D eigenvalue weighted by atomic mass is 16.5. The lowest BCUT2D eigenvalue weighted by molar-refractivity contribution is 0.0691. The van der Waals surface area contributed by atoms with E-state index in [1.165, 1.54) is 23.6 Å². The molecule has 0 unspecified atom stereocenters. The van der Waals surface area contributed by atoms with Gasteiger partial charge >= 0.3 is 11.9 Å². The van der Waals surface area contributed by atoms with Crippen molar-refractivity contribution >= 4 is 17.5 Å². The molecular formula is C16H12N2O5. The number of methoxy groups -OCH3 is 1. The molecule has 23 heavy (non-hydrogen) atoms. The first-order chi connectivity index (χ1) is 11.0. The van der Waals surface area contributed by atoms with Gasteiger partial charge in [-0.15, -0.1) is 0 Å². The Morgan fingerprint density at radius 3 is 2.57 bits per heavy atom. The summed E-state index contributed by atoms with van der Waals surface area (Å²) in [5.74, 6) is -1.58. The summed E-state index contributed by atoms with van der Waals surface area (Å²) in [6.07, 6.45) is 1.58. The Kier molecular flexibility index (Phi) is 3.46. The monoisotopic (exact) mass is 312 g/mol. The van der Waals surface area contributed by atoms with E-state index in [0.717, 1.165) is 0 Å². The van der Waals surface area contributed by atoms with Crippen molar-refractivity contribution in [2.24, 2.45) is 0 Å². The second kappa shape index (κ2) is 5.45. The number of carboxylic acid groups (broad SMARTS) is 2. The predicted octanol–water partition coefficient (Wildman–Crippen LogP) is 2.41. The largest absolute Gasteiger partial charge is 0.497 e. The zero-order chi connectivity index (χ0) is 16.6. The van der Waals surface area contributed by atoms with Crippen LogP contribution in [-0.4, -0.2) is 38.6 Å². The highest BCUT2D eigenvalue weighted by Crippen LogP contribution is 2.27. The van der Waals surface area contributed by atoms with E-state index >= 15 is 0 Å². The second-order valence-electron chi connectivity index (χ2n) is 4.77. The molecule has 2 aromatic heterocycles. The molecule has 0 aliphatic rings. The van der Waals surface area contributed by atoms with Gasteiger partial charge in [0.2, 0.25) is 0 Å². The molecule has 0 radical (unpaired) electrons. The van der Waals surface area contributed by atoms with Crippen LogP contribution in [0.4, 0.5) is 0 Å². The van der Waals surface area contributed by atoms with Crippen LogP contribution in [0.5, 0.6) is 5.75 Å². The van der Waals surface area contributed by atoms with Crippen molar-refractivity contribution in [1.82, 2.24) is 9.38 Å². The predicted molar refractivity (Wildman–Crippen MR) is 81.1 cm³/mol. The fourth-order valence-corrected chi connectivity index (χ4v) is 2.43. The Labute approximate surface area is 130 Å². The van der Waals surface area contributed by atoms with E-state index in [4.69, 9.17) is 4.74 Å². The molecule has 3 rings (SSSR count). The molecule has 0 atom stereocenters. The molecule has 0 fully saturated rings. The van der Waals surface area contributed by atoms with E-state index in [0.29, 0.717) is 17.1 Å². The number of pyridine rings is 1. The van der Waals surface area contributed by atoms with E-state index in [9.17, 15) is 19.8 Å². The standard InChI is InChI=1S/C16H12N2O5/c1-23-10-5-2-4-9(8-10)14-17-12(16(21)22)13-11(15(19)20)6-3-7-18(13)14/h2-8H,1H3,(H,19,20)(H,21,22). The van der Waals surface area contributed by atoms with Crippen molar-refractivity contribution in [1.29, 1.82) is 0 Å². The minimum Gasteiger partial charge on any atom is -0.497 e. The number of aromatic carboxylic acids is 2. The van der Waals surface area contributed by atoms with Gasteiger partial charge in [-0.1, -0.05) is 12.1 Å². The minimum absolute atomic E-state index is 0.0466. The van der Waals surface area contributed by atoms with Crippen molar-refractivity contribution in [3.05, 3.63) is 53.9 Å². The summed E-state index contributed by atoms with van der Waals surface area (Å²) >= 11 is 0. The van der Waals surface area contributed by atoms with Crippen molar-refractivity contribution in [2.45, 2.75) is 0 Å². The van der Waals surface area contributed by atoms with Crippen molar-refractivity contribution in [3.63, 3.8) is 0 Å². The number of carboxylic acids is 2. The maximum absolute atomic E-state index is 11.5. The molecule has 1 aromatic carbocycles. The number of nitrogens with zero attached hydrogens (tertiary/aromatic N) is 2. The molecule has 0 bridgehead atoms. The number of benzene rings is 1. The van der Waals surface area contributed by atoms with Crippen LogP contribution < -0.4 is 4.74 Å². The molecule has 116 valence electrons. The lowest BCUT2D eigenvalue weighted by Gasteiger charge is -2.05. The number of fused-ring (bicyclic) bond motifs is 1. The third-order valence-corrected chi connectivity index (χ3v) is 3.43. The zero-order valence-electron chi connectivity index (χ0n) is 12.1. The van der Waals surface area contributed by atoms with Gasteiger partial charge in [0.25, 0.3) is 0 Å². The maximum atomic E-state index is 11.5. The maximum Gasteiger partial charge on any atom is 0.356 e. The summed E-state index contributed by atoms with van der Waals surface area (Å²) in [7, 11) is 1.52. The van der Waals surface area contributed by atoms with E-state index in [1.807, 2.05) is 0 Å². The fraction of sp³-hybridized carbons (Fsp3) is 0.0625. The minimum atomic E-state index is -1.29. The molecule has 2 N–H and O–H groups in total. The highest BCUT2D eigenvalue weighted by molar-refractivity contribution is 6.04. The summed E-state index contributed by atoms with van der Waals surface area (Å²) in [4.78, 5) is 27.0. The Morgan fingerprint density at radius 2 is 1.91 bits per heavy atom. The third-order valence-electron chi connectivity index (χ3n) is 3.43. The summed E-state index contributed by atoms with van der Waals surface area (Å²) in [6, 6.07) is 9.83. The first kappa shape index (κ1) is 14.6. The van der Waals surface area contributed by atoms with Gasteiger partial charge in [0.1, 0.15) is 11.6 Å². The van der Waals surface area contributed by atoms with Crippen LogP contribution >= 0.6 is 0 Å². The van der Waals surface area contributed by atoms with Crippen LogP contribution in [0.25, 0.3) is 16.9 Å². The van der Waals surface area contributed by atoms with Crippen molar-refractivity contribution in [2.75, 3.05) is 7.11 Å². The molecule has 0 saturated heterocycles. The summed E-state index contributed by atoms with van der Waals surface area (Å²) in [6.45, 7) is 0. The highest BCUT2D eigenvalue weighted by Gasteiger charge is 2.23. The third kappa shape index (κ3) is 2.38. The van der Waals surface area contributed by atoms with E-state index in [2.05, 4.69) is 4.98 Å². The molecular weight excluding hydrogens is 300 g/mol. The quantitative estimate of drug-likeness (QED) is 0.767. The molecule has 7 heteroatoms. The lowest BCUT2D eigenvalue weighted by atomic mass is 10.2. The van der Waals surface area contributed by atoms with Gasteiger partial charge in [-0.25, -0.2) is 14.6 Å². The summed E-state index contributed by atoms with van der Waals surface area (Å²) < 4.78 is 6.62. The number of ether oxygens (including phenoxy) is 1. The van der Waals surface area contributed by atoms with Gasteiger partial charge < -0.3 is 14.9 Å². The Bertz CT molecular complexity index is 929. The van der Waals surface area contributed by atoms with Gasteiger partial charge in [-0.3, -0.25) is 4.40 Å². The Balaban J connectivity index is 2.36. The molecule has 2 heterocycles. The first-order valence-corrected chi connectivity index (χ1v) is 6.65. The zero-order valence-corrected chi connectivity index (χ0v) is 12.1. The average molecular weight is 312 g/mol. The smallest absolute Gasteiger partial charge is 0.356 e. The van der Waals surface area contributed by atoms with Crippen LogP contribution in [0.1, 0.15) is 20.8 Å². The van der Waals surface area contributed by atoms with Crippen molar-refractivity contribution in [3.8, 4) is 17.1 Å². The fourth-order valence-electron chi connectivity index (χ4n) is 2.43. The van der Waals surface area contributed by atoms with Gasteiger partial charge in [-0.05, 0) is 24.3 Å². The molecule has 0 saturated carbocycles. The SMILES string of the molecule is COc1cccc(-c2nc(C(=O)O)c3c(C(=O)O)cccn23)c1. The number of hydrogen-bond acceptors (Lipinski definition) is 4. The average Bonchev–Trinajstić information content (AvgIpc) is 2.94. The molecule has 0 aliphatic heterocycles. The van der Waals surface area contributed by atoms with Crippen LogP contribution in [0.2, 0.25) is 0 Å². The van der Waals surface area contributed by atoms with Gasteiger partial charge in [0.05, 0.1) is 18.2 Å². The summed E-state index contributed by atoms with van der Waals surface area (Å²) in [5, 5.41) is 18.7. The van der Waals surface area contributed by atoms with Gasteiger partial charge in [0, 0.05) is 11.8 Å². The molecule has 3 aromatic rings. The van der Waals surface area contributed by atoms with Crippen LogP contribution in [0.3, 0.4) is 0 Å². The Morgan fingerprint density at radius 1 is 1.13 bits per heavy atom. The lowest BCUT2D eigenvalue weighted by Crippen LogP contribution is -2.04. The van der Waals surface area contributed by atoms with Crippen LogP contribution in [0, 0.1) is 0 Å². The molecule has 0 spiro atoms. The van der Waals surface area contributed by atoms with Crippen molar-refractivity contribution < 1.29 is 24.5 Å². The first-order valence-electron chi connectivity index (χ1n) is 6.65. The number of aromatic nitrogens is 2. The topological polar surface area (TPSA) is 101 Å². The van der Waals surface area contributed by atoms with Crippen LogP contribution in [-0.2, 0) is 0 Å². The number of carbonyl (C=O) groups is 2. The van der Waals surface area contributed by atoms with E-state index in [1.54, 1.807) is 30.5 Å².